The zero-order valence-electron chi connectivity index (χ0n) is 15.7. The van der Waals surface area contributed by atoms with Crippen molar-refractivity contribution in [2.45, 2.75) is 46.5 Å². The van der Waals surface area contributed by atoms with Gasteiger partial charge < -0.3 is 5.73 Å². The largest absolute Gasteiger partial charge is 0.399 e. The highest BCUT2D eigenvalue weighted by atomic mass is 32.1. The van der Waals surface area contributed by atoms with Crippen LogP contribution in [0.4, 0.5) is 5.69 Å². The molecule has 0 aliphatic carbocycles. The van der Waals surface area contributed by atoms with Gasteiger partial charge in [-0.2, -0.15) is 0 Å². The summed E-state index contributed by atoms with van der Waals surface area (Å²) in [7, 11) is 0. The lowest BCUT2D eigenvalue weighted by Gasteiger charge is -2.18. The van der Waals surface area contributed by atoms with E-state index in [4.69, 9.17) is 10.7 Å². The quantitative estimate of drug-likeness (QED) is 0.597. The number of hydrogen-bond donors (Lipinski definition) is 1. The summed E-state index contributed by atoms with van der Waals surface area (Å²) < 4.78 is 0. The first-order valence-corrected chi connectivity index (χ1v) is 9.53. The van der Waals surface area contributed by atoms with Gasteiger partial charge in [-0.15, -0.1) is 11.3 Å². The molecule has 3 aromatic rings. The molecule has 25 heavy (non-hydrogen) atoms. The van der Waals surface area contributed by atoms with Crippen LogP contribution in [0.2, 0.25) is 0 Å². The number of benzene rings is 2. The van der Waals surface area contributed by atoms with Crippen LogP contribution in [0.15, 0.2) is 41.8 Å². The number of nitrogen functional groups attached to an aromatic ring is 1. The highest BCUT2D eigenvalue weighted by molar-refractivity contribution is 7.10. The number of anilines is 1. The SMILES string of the molecule is Cc1cc(Cc2nc(-c3ccc(C(C)(C)C)cc3)cs2)c(C)cc1N. The molecule has 3 rings (SSSR count). The zero-order chi connectivity index (χ0) is 18.2. The lowest BCUT2D eigenvalue weighted by molar-refractivity contribution is 0.590. The third kappa shape index (κ3) is 3.93. The van der Waals surface area contributed by atoms with Crippen LogP contribution in [-0.4, -0.2) is 4.98 Å². The first kappa shape index (κ1) is 17.7. The van der Waals surface area contributed by atoms with E-state index in [1.165, 1.54) is 22.3 Å². The van der Waals surface area contributed by atoms with Crippen molar-refractivity contribution in [3.8, 4) is 11.3 Å². The zero-order valence-corrected chi connectivity index (χ0v) is 16.5. The monoisotopic (exact) mass is 350 g/mol. The van der Waals surface area contributed by atoms with Crippen LogP contribution in [0.5, 0.6) is 0 Å². The van der Waals surface area contributed by atoms with E-state index >= 15 is 0 Å². The topological polar surface area (TPSA) is 38.9 Å². The Hall–Kier alpha value is -2.13. The highest BCUT2D eigenvalue weighted by Gasteiger charge is 2.14. The molecule has 0 spiro atoms. The molecule has 0 saturated heterocycles. The fourth-order valence-corrected chi connectivity index (χ4v) is 3.74. The van der Waals surface area contributed by atoms with Gasteiger partial charge in [0.15, 0.2) is 0 Å². The summed E-state index contributed by atoms with van der Waals surface area (Å²) >= 11 is 1.73. The van der Waals surface area contributed by atoms with Crippen molar-refractivity contribution < 1.29 is 0 Å². The summed E-state index contributed by atoms with van der Waals surface area (Å²) in [5.41, 5.74) is 14.3. The summed E-state index contributed by atoms with van der Waals surface area (Å²) in [4.78, 5) is 4.85. The van der Waals surface area contributed by atoms with Gasteiger partial charge in [-0.05, 0) is 47.6 Å². The van der Waals surface area contributed by atoms with E-state index in [1.807, 2.05) is 0 Å². The second kappa shape index (κ2) is 6.64. The summed E-state index contributed by atoms with van der Waals surface area (Å²) in [6.07, 6.45) is 0.859. The lowest BCUT2D eigenvalue weighted by Crippen LogP contribution is -2.10. The van der Waals surface area contributed by atoms with Gasteiger partial charge in [0.25, 0.3) is 0 Å². The molecule has 0 fully saturated rings. The van der Waals surface area contributed by atoms with Crippen molar-refractivity contribution in [3.05, 3.63) is 69.0 Å². The molecule has 0 unspecified atom stereocenters. The molecule has 0 bridgehead atoms. The average Bonchev–Trinajstić information content (AvgIpc) is 3.00. The molecule has 2 N–H and O–H groups in total. The van der Waals surface area contributed by atoms with E-state index in [0.29, 0.717) is 0 Å². The Morgan fingerprint density at radius 3 is 2.32 bits per heavy atom. The summed E-state index contributed by atoms with van der Waals surface area (Å²) in [5.74, 6) is 0. The maximum atomic E-state index is 5.99. The Kier molecular flexibility index (Phi) is 4.70. The second-order valence-corrected chi connectivity index (χ2v) is 8.71. The number of nitrogens with two attached hydrogens (primary N) is 1. The van der Waals surface area contributed by atoms with Gasteiger partial charge in [-0.3, -0.25) is 0 Å². The lowest BCUT2D eigenvalue weighted by atomic mass is 9.86. The van der Waals surface area contributed by atoms with Crippen LogP contribution in [0.3, 0.4) is 0 Å². The predicted molar refractivity (Wildman–Crippen MR) is 109 cm³/mol. The Morgan fingerprint density at radius 1 is 1.00 bits per heavy atom. The summed E-state index contributed by atoms with van der Waals surface area (Å²) in [6.45, 7) is 10.9. The van der Waals surface area contributed by atoms with Gasteiger partial charge >= 0.3 is 0 Å². The Balaban J connectivity index is 1.82. The number of thiazole rings is 1. The van der Waals surface area contributed by atoms with Crippen molar-refractivity contribution in [1.82, 2.24) is 4.98 Å². The van der Waals surface area contributed by atoms with Crippen LogP contribution in [0, 0.1) is 13.8 Å². The normalized spacial score (nSPS) is 11.7. The van der Waals surface area contributed by atoms with E-state index in [0.717, 1.165) is 28.4 Å². The smallest absolute Gasteiger partial charge is 0.0976 e. The Labute approximate surface area is 154 Å². The summed E-state index contributed by atoms with van der Waals surface area (Å²) in [5, 5.41) is 3.29. The molecule has 1 aromatic heterocycles. The molecule has 0 amide bonds. The van der Waals surface area contributed by atoms with E-state index < -0.39 is 0 Å². The van der Waals surface area contributed by atoms with E-state index in [-0.39, 0.29) is 5.41 Å². The van der Waals surface area contributed by atoms with Crippen LogP contribution >= 0.6 is 11.3 Å². The van der Waals surface area contributed by atoms with Crippen molar-refractivity contribution in [1.29, 1.82) is 0 Å². The van der Waals surface area contributed by atoms with Gasteiger partial charge in [0.05, 0.1) is 10.7 Å². The number of hydrogen-bond acceptors (Lipinski definition) is 3. The van der Waals surface area contributed by atoms with Crippen LogP contribution in [0.1, 0.15) is 48.0 Å². The first-order chi connectivity index (χ1) is 11.7. The van der Waals surface area contributed by atoms with Gasteiger partial charge in [-0.25, -0.2) is 4.98 Å². The fourth-order valence-electron chi connectivity index (χ4n) is 2.92. The molecular formula is C22H26N2S. The maximum Gasteiger partial charge on any atom is 0.0976 e. The Morgan fingerprint density at radius 2 is 1.68 bits per heavy atom. The van der Waals surface area contributed by atoms with E-state index in [2.05, 4.69) is 76.4 Å². The fraction of sp³-hybridized carbons (Fsp3) is 0.318. The first-order valence-electron chi connectivity index (χ1n) is 8.65. The number of aryl methyl sites for hydroxylation is 2. The molecule has 1 heterocycles. The molecule has 2 aromatic carbocycles. The van der Waals surface area contributed by atoms with Crippen molar-refractivity contribution in [2.24, 2.45) is 0 Å². The van der Waals surface area contributed by atoms with Gasteiger partial charge in [0.2, 0.25) is 0 Å². The second-order valence-electron chi connectivity index (χ2n) is 7.77. The van der Waals surface area contributed by atoms with E-state index in [9.17, 15) is 0 Å². The summed E-state index contributed by atoms with van der Waals surface area (Å²) in [6, 6.07) is 13.0. The minimum absolute atomic E-state index is 0.177. The number of rotatable bonds is 3. The average molecular weight is 351 g/mol. The third-order valence-electron chi connectivity index (χ3n) is 4.66. The highest BCUT2D eigenvalue weighted by Crippen LogP contribution is 2.28. The van der Waals surface area contributed by atoms with Gasteiger partial charge in [0.1, 0.15) is 0 Å². The standard InChI is InChI=1S/C22H26N2S/c1-14-11-19(23)15(2)10-17(14)12-21-24-20(13-25-21)16-6-8-18(9-7-16)22(3,4)5/h6-11,13H,12,23H2,1-5H3. The van der Waals surface area contributed by atoms with E-state index in [1.54, 1.807) is 11.3 Å². The van der Waals surface area contributed by atoms with Crippen LogP contribution < -0.4 is 5.73 Å². The number of aromatic nitrogens is 1. The van der Waals surface area contributed by atoms with Crippen molar-refractivity contribution in [3.63, 3.8) is 0 Å². The van der Waals surface area contributed by atoms with Gasteiger partial charge in [-0.1, -0.05) is 51.1 Å². The van der Waals surface area contributed by atoms with Gasteiger partial charge in [0, 0.05) is 23.1 Å². The maximum absolute atomic E-state index is 5.99. The molecule has 130 valence electrons. The predicted octanol–water partition coefficient (Wildman–Crippen LogP) is 5.90. The van der Waals surface area contributed by atoms with Crippen molar-refractivity contribution >= 4 is 17.0 Å². The van der Waals surface area contributed by atoms with Crippen LogP contribution in [-0.2, 0) is 11.8 Å². The molecule has 0 radical (unpaired) electrons. The molecule has 0 aliphatic heterocycles. The molecule has 3 heteroatoms. The third-order valence-corrected chi connectivity index (χ3v) is 5.51. The molecule has 2 nitrogen and oxygen atoms in total. The minimum atomic E-state index is 0.177. The molecule has 0 saturated carbocycles. The molecule has 0 atom stereocenters. The minimum Gasteiger partial charge on any atom is -0.399 e. The Bertz CT molecular complexity index is 883. The number of nitrogens with zero attached hydrogens (tertiary/aromatic N) is 1. The van der Waals surface area contributed by atoms with Crippen LogP contribution in [0.25, 0.3) is 11.3 Å². The van der Waals surface area contributed by atoms with Crippen molar-refractivity contribution in [2.75, 3.05) is 5.73 Å². The molecular weight excluding hydrogens is 324 g/mol. The molecule has 0 aliphatic rings.